The molecule has 3 aromatic rings. The Morgan fingerprint density at radius 2 is 1.36 bits per heavy atom. The Kier molecular flexibility index (Phi) is 3.57. The zero-order chi connectivity index (χ0) is 18.3. The van der Waals surface area contributed by atoms with E-state index < -0.39 is 26.1 Å². The first-order valence-electron chi connectivity index (χ1n) is 6.77. The van der Waals surface area contributed by atoms with Crippen LogP contribution < -0.4 is 0 Å². The maximum atomic E-state index is 11.4. The third-order valence-corrected chi connectivity index (χ3v) is 3.82. The Hall–Kier alpha value is -3.95. The van der Waals surface area contributed by atoms with Gasteiger partial charge >= 0.3 is 0 Å². The van der Waals surface area contributed by atoms with E-state index in [1.54, 1.807) is 0 Å². The van der Waals surface area contributed by atoms with E-state index >= 15 is 0 Å². The third kappa shape index (κ3) is 2.41. The van der Waals surface area contributed by atoms with Gasteiger partial charge in [0.1, 0.15) is 5.56 Å². The van der Waals surface area contributed by atoms with E-state index in [1.165, 1.54) is 30.3 Å². The van der Waals surface area contributed by atoms with Gasteiger partial charge in [-0.05, 0) is 17.5 Å². The summed E-state index contributed by atoms with van der Waals surface area (Å²) in [5, 5.41) is 34.0. The van der Waals surface area contributed by atoms with E-state index in [2.05, 4.69) is 0 Å². The molecule has 0 N–H and O–H groups in total. The maximum absolute atomic E-state index is 11.4. The lowest BCUT2D eigenvalue weighted by Gasteiger charge is -2.07. The van der Waals surface area contributed by atoms with E-state index in [4.69, 9.17) is 0 Å². The molecule has 10 heteroatoms. The normalized spacial score (nSPS) is 10.7. The average molecular weight is 341 g/mol. The highest BCUT2D eigenvalue weighted by molar-refractivity contribution is 6.12. The zero-order valence-corrected chi connectivity index (χ0v) is 12.2. The fourth-order valence-electron chi connectivity index (χ4n) is 2.75. The van der Waals surface area contributed by atoms with Crippen LogP contribution in [0.1, 0.15) is 10.4 Å². The number of hydrogen-bond acceptors (Lipinski definition) is 7. The highest BCUT2D eigenvalue weighted by Crippen LogP contribution is 2.38. The standard InChI is InChI=1S/C15H7N3O7/c19-7-12-10-5-9-8(2-1-3-13(9)16(20)21)4-11(10)14(17(22)23)6-15(12)18(24)25/h1-7H. The van der Waals surface area contributed by atoms with Crippen molar-refractivity contribution in [2.75, 3.05) is 0 Å². The molecule has 0 bridgehead atoms. The molecule has 0 atom stereocenters. The molecule has 10 nitrogen and oxygen atoms in total. The Morgan fingerprint density at radius 3 is 1.92 bits per heavy atom. The summed E-state index contributed by atoms with van der Waals surface area (Å²) in [6.45, 7) is 0. The number of nitro groups is 3. The number of carbonyl (C=O) groups is 1. The summed E-state index contributed by atoms with van der Waals surface area (Å²) >= 11 is 0. The second-order valence-electron chi connectivity index (χ2n) is 5.11. The van der Waals surface area contributed by atoms with Gasteiger partial charge in [0.25, 0.3) is 17.1 Å². The molecular weight excluding hydrogens is 334 g/mol. The molecule has 25 heavy (non-hydrogen) atoms. The number of nitro benzene ring substituents is 3. The van der Waals surface area contributed by atoms with Gasteiger partial charge < -0.3 is 0 Å². The topological polar surface area (TPSA) is 146 Å². The molecular formula is C15H7N3O7. The van der Waals surface area contributed by atoms with Crippen molar-refractivity contribution in [3.8, 4) is 0 Å². The Morgan fingerprint density at radius 1 is 0.720 bits per heavy atom. The highest BCUT2D eigenvalue weighted by atomic mass is 16.6. The van der Waals surface area contributed by atoms with Crippen LogP contribution in [0.4, 0.5) is 17.1 Å². The molecule has 0 saturated carbocycles. The average Bonchev–Trinajstić information content (AvgIpc) is 2.57. The van der Waals surface area contributed by atoms with E-state index in [-0.39, 0.29) is 33.7 Å². The van der Waals surface area contributed by atoms with Crippen LogP contribution in [0.5, 0.6) is 0 Å². The highest BCUT2D eigenvalue weighted by Gasteiger charge is 2.26. The Labute approximate surface area is 137 Å². The van der Waals surface area contributed by atoms with E-state index in [1.807, 2.05) is 0 Å². The van der Waals surface area contributed by atoms with Crippen LogP contribution in [0.3, 0.4) is 0 Å². The number of aldehydes is 1. The van der Waals surface area contributed by atoms with E-state index in [9.17, 15) is 35.1 Å². The van der Waals surface area contributed by atoms with Crippen molar-refractivity contribution >= 4 is 44.9 Å². The summed E-state index contributed by atoms with van der Waals surface area (Å²) in [6.07, 6.45) is 0.213. The summed E-state index contributed by atoms with van der Waals surface area (Å²) in [5.74, 6) is 0. The molecule has 0 aromatic heterocycles. The van der Waals surface area contributed by atoms with Crippen molar-refractivity contribution in [3.05, 3.63) is 72.3 Å². The van der Waals surface area contributed by atoms with Crippen molar-refractivity contribution in [2.24, 2.45) is 0 Å². The van der Waals surface area contributed by atoms with Crippen LogP contribution in [-0.2, 0) is 0 Å². The minimum absolute atomic E-state index is 0.00861. The van der Waals surface area contributed by atoms with Gasteiger partial charge in [-0.1, -0.05) is 12.1 Å². The maximum Gasteiger partial charge on any atom is 0.287 e. The zero-order valence-electron chi connectivity index (χ0n) is 12.2. The van der Waals surface area contributed by atoms with Gasteiger partial charge in [0, 0.05) is 11.5 Å². The van der Waals surface area contributed by atoms with Crippen LogP contribution in [0.25, 0.3) is 21.5 Å². The van der Waals surface area contributed by atoms with Crippen LogP contribution in [0, 0.1) is 30.3 Å². The second kappa shape index (κ2) is 5.60. The first-order valence-corrected chi connectivity index (χ1v) is 6.77. The van der Waals surface area contributed by atoms with Crippen LogP contribution in [0.15, 0.2) is 36.4 Å². The second-order valence-corrected chi connectivity index (χ2v) is 5.11. The molecule has 0 aliphatic carbocycles. The lowest BCUT2D eigenvalue weighted by Crippen LogP contribution is -2.00. The molecule has 0 amide bonds. The number of non-ortho nitro benzene ring substituents is 2. The molecule has 0 saturated heterocycles. The van der Waals surface area contributed by atoms with Crippen molar-refractivity contribution in [3.63, 3.8) is 0 Å². The number of carbonyl (C=O) groups excluding carboxylic acids is 1. The quantitative estimate of drug-likeness (QED) is 0.305. The molecule has 0 aliphatic rings. The third-order valence-electron chi connectivity index (χ3n) is 3.82. The van der Waals surface area contributed by atoms with Crippen LogP contribution in [0.2, 0.25) is 0 Å². The molecule has 0 spiro atoms. The van der Waals surface area contributed by atoms with Crippen molar-refractivity contribution in [2.45, 2.75) is 0 Å². The number of hydrogen-bond donors (Lipinski definition) is 0. The monoisotopic (exact) mass is 341 g/mol. The lowest BCUT2D eigenvalue weighted by molar-refractivity contribution is -0.393. The summed E-state index contributed by atoms with van der Waals surface area (Å²) < 4.78 is 0. The summed E-state index contributed by atoms with van der Waals surface area (Å²) in [6, 6.07) is 7.41. The summed E-state index contributed by atoms with van der Waals surface area (Å²) in [5.41, 5.74) is -1.93. The SMILES string of the molecule is O=Cc1c([N+](=O)[O-])cc([N+](=O)[O-])c2cc3cccc([N+](=O)[O-])c3cc12. The van der Waals surface area contributed by atoms with Crippen molar-refractivity contribution in [1.29, 1.82) is 0 Å². The first-order chi connectivity index (χ1) is 11.8. The molecule has 3 aromatic carbocycles. The number of benzene rings is 3. The number of fused-ring (bicyclic) bond motifs is 2. The Balaban J connectivity index is 2.60. The fraction of sp³-hybridized carbons (Fsp3) is 0. The number of rotatable bonds is 4. The predicted molar refractivity (Wildman–Crippen MR) is 86.8 cm³/mol. The van der Waals surface area contributed by atoms with Crippen LogP contribution in [-0.4, -0.2) is 21.1 Å². The fourth-order valence-corrected chi connectivity index (χ4v) is 2.75. The minimum Gasteiger partial charge on any atom is -0.298 e. The van der Waals surface area contributed by atoms with Gasteiger partial charge in [-0.2, -0.15) is 0 Å². The van der Waals surface area contributed by atoms with Crippen LogP contribution >= 0.6 is 0 Å². The van der Waals surface area contributed by atoms with Gasteiger partial charge in [0.15, 0.2) is 6.29 Å². The molecule has 0 radical (unpaired) electrons. The summed E-state index contributed by atoms with van der Waals surface area (Å²) in [7, 11) is 0. The first kappa shape index (κ1) is 15.9. The minimum atomic E-state index is -0.903. The molecule has 0 fully saturated rings. The Bertz CT molecular complexity index is 1110. The summed E-state index contributed by atoms with van der Waals surface area (Å²) in [4.78, 5) is 42.6. The van der Waals surface area contributed by atoms with Gasteiger partial charge in [0.2, 0.25) is 0 Å². The van der Waals surface area contributed by atoms with Crippen molar-refractivity contribution in [1.82, 2.24) is 0 Å². The number of nitrogens with zero attached hydrogens (tertiary/aromatic N) is 3. The molecule has 124 valence electrons. The smallest absolute Gasteiger partial charge is 0.287 e. The van der Waals surface area contributed by atoms with Gasteiger partial charge in [-0.15, -0.1) is 0 Å². The molecule has 3 rings (SSSR count). The molecule has 0 heterocycles. The predicted octanol–water partition coefficient (Wildman–Crippen LogP) is 3.53. The molecule has 0 unspecified atom stereocenters. The van der Waals surface area contributed by atoms with Gasteiger partial charge in [-0.25, -0.2) is 0 Å². The van der Waals surface area contributed by atoms with Gasteiger partial charge in [0.05, 0.1) is 31.6 Å². The van der Waals surface area contributed by atoms with E-state index in [0.29, 0.717) is 5.39 Å². The molecule has 0 aliphatic heterocycles. The van der Waals surface area contributed by atoms with Crippen molar-refractivity contribution < 1.29 is 19.6 Å². The van der Waals surface area contributed by atoms with E-state index in [0.717, 1.165) is 6.07 Å². The van der Waals surface area contributed by atoms with Gasteiger partial charge in [-0.3, -0.25) is 35.1 Å². The largest absolute Gasteiger partial charge is 0.298 e. The lowest BCUT2D eigenvalue weighted by atomic mass is 9.97.